The largest absolute Gasteiger partial charge is 0.314 e. The number of likely N-dealkylation sites (N-methyl/N-ethyl adjacent to an activating group) is 2. The van der Waals surface area contributed by atoms with Gasteiger partial charge >= 0.3 is 0 Å². The Morgan fingerprint density at radius 1 is 1.54 bits per heavy atom. The molecule has 0 aromatic rings. The minimum absolute atomic E-state index is 0.648. The van der Waals surface area contributed by atoms with E-state index in [2.05, 4.69) is 43.1 Å². The summed E-state index contributed by atoms with van der Waals surface area (Å²) < 4.78 is 0. The van der Waals surface area contributed by atoms with Crippen molar-refractivity contribution in [3.63, 3.8) is 0 Å². The van der Waals surface area contributed by atoms with Crippen LogP contribution in [-0.2, 0) is 0 Å². The van der Waals surface area contributed by atoms with Crippen molar-refractivity contribution in [3.8, 4) is 0 Å². The van der Waals surface area contributed by atoms with Gasteiger partial charge in [0.05, 0.1) is 0 Å². The zero-order valence-electron chi connectivity index (χ0n) is 9.38. The molecule has 78 valence electrons. The van der Waals surface area contributed by atoms with E-state index in [1.54, 1.807) is 0 Å². The number of rotatable bonds is 3. The van der Waals surface area contributed by atoms with Crippen LogP contribution in [0.15, 0.2) is 0 Å². The zero-order valence-corrected chi connectivity index (χ0v) is 9.38. The molecule has 13 heavy (non-hydrogen) atoms. The summed E-state index contributed by atoms with van der Waals surface area (Å²) in [5.74, 6) is 0. The fourth-order valence-electron chi connectivity index (χ4n) is 1.61. The molecule has 1 saturated heterocycles. The van der Waals surface area contributed by atoms with Gasteiger partial charge in [0.15, 0.2) is 0 Å². The van der Waals surface area contributed by atoms with E-state index >= 15 is 0 Å². The molecule has 0 radical (unpaired) electrons. The van der Waals surface area contributed by atoms with Crippen LogP contribution in [0.25, 0.3) is 0 Å². The molecule has 0 amide bonds. The topological polar surface area (TPSA) is 18.5 Å². The van der Waals surface area contributed by atoms with Crippen molar-refractivity contribution in [1.82, 2.24) is 15.1 Å². The van der Waals surface area contributed by atoms with Gasteiger partial charge in [0, 0.05) is 38.3 Å². The van der Waals surface area contributed by atoms with Crippen molar-refractivity contribution >= 4 is 0 Å². The van der Waals surface area contributed by atoms with Crippen LogP contribution < -0.4 is 5.32 Å². The Morgan fingerprint density at radius 2 is 2.23 bits per heavy atom. The molecule has 1 rings (SSSR count). The highest BCUT2D eigenvalue weighted by molar-refractivity contribution is 4.80. The summed E-state index contributed by atoms with van der Waals surface area (Å²) in [6, 6.07) is 1.33. The fourth-order valence-corrected chi connectivity index (χ4v) is 1.61. The first-order valence-electron chi connectivity index (χ1n) is 5.22. The first-order valence-corrected chi connectivity index (χ1v) is 5.22. The molecule has 0 aromatic heterocycles. The molecule has 1 heterocycles. The normalized spacial score (nSPS) is 25.8. The smallest absolute Gasteiger partial charge is 0.0345 e. The lowest BCUT2D eigenvalue weighted by molar-refractivity contribution is 0.138. The SMILES string of the molecule is CC(C)N(C)CC1CNCCN1C. The summed E-state index contributed by atoms with van der Waals surface area (Å²) in [6.07, 6.45) is 0. The summed E-state index contributed by atoms with van der Waals surface area (Å²) in [5, 5.41) is 3.44. The van der Waals surface area contributed by atoms with Crippen molar-refractivity contribution in [2.75, 3.05) is 40.3 Å². The molecule has 3 nitrogen and oxygen atoms in total. The maximum absolute atomic E-state index is 3.44. The molecular weight excluding hydrogens is 162 g/mol. The molecule has 1 N–H and O–H groups in total. The van der Waals surface area contributed by atoms with Crippen LogP contribution in [0.2, 0.25) is 0 Å². The second-order valence-electron chi connectivity index (χ2n) is 4.37. The number of nitrogens with one attached hydrogen (secondary N) is 1. The van der Waals surface area contributed by atoms with Crippen LogP contribution in [0.4, 0.5) is 0 Å². The summed E-state index contributed by atoms with van der Waals surface area (Å²) in [4.78, 5) is 4.86. The van der Waals surface area contributed by atoms with Gasteiger partial charge in [0.25, 0.3) is 0 Å². The first kappa shape index (κ1) is 11.0. The van der Waals surface area contributed by atoms with Gasteiger partial charge in [-0.1, -0.05) is 0 Å². The van der Waals surface area contributed by atoms with Crippen molar-refractivity contribution < 1.29 is 0 Å². The summed E-state index contributed by atoms with van der Waals surface area (Å²) in [5.41, 5.74) is 0. The number of piperazine rings is 1. The number of hydrogen-bond donors (Lipinski definition) is 1. The molecule has 0 bridgehead atoms. The third kappa shape index (κ3) is 3.25. The number of hydrogen-bond acceptors (Lipinski definition) is 3. The van der Waals surface area contributed by atoms with E-state index in [0.29, 0.717) is 12.1 Å². The van der Waals surface area contributed by atoms with Crippen molar-refractivity contribution in [1.29, 1.82) is 0 Å². The Morgan fingerprint density at radius 3 is 2.77 bits per heavy atom. The summed E-state index contributed by atoms with van der Waals surface area (Å²) >= 11 is 0. The van der Waals surface area contributed by atoms with Crippen LogP contribution in [0.3, 0.4) is 0 Å². The third-order valence-corrected chi connectivity index (χ3v) is 3.02. The van der Waals surface area contributed by atoms with Crippen LogP contribution >= 0.6 is 0 Å². The molecule has 1 atom stereocenters. The van der Waals surface area contributed by atoms with Gasteiger partial charge in [0.2, 0.25) is 0 Å². The molecular formula is C10H23N3. The molecule has 0 aliphatic carbocycles. The van der Waals surface area contributed by atoms with Crippen molar-refractivity contribution in [2.45, 2.75) is 25.9 Å². The summed E-state index contributed by atoms with van der Waals surface area (Å²) in [7, 11) is 4.42. The standard InChI is InChI=1S/C10H23N3/c1-9(2)13(4)8-10-7-11-5-6-12(10)3/h9-11H,5-8H2,1-4H3. The highest BCUT2D eigenvalue weighted by Crippen LogP contribution is 2.03. The Hall–Kier alpha value is -0.120. The van der Waals surface area contributed by atoms with E-state index in [1.165, 1.54) is 13.1 Å². The van der Waals surface area contributed by atoms with Crippen molar-refractivity contribution in [2.24, 2.45) is 0 Å². The predicted molar refractivity (Wildman–Crippen MR) is 57.1 cm³/mol. The molecule has 0 aromatic carbocycles. The predicted octanol–water partition coefficient (Wildman–Crippen LogP) is 0.230. The maximum atomic E-state index is 3.44. The minimum Gasteiger partial charge on any atom is -0.314 e. The lowest BCUT2D eigenvalue weighted by Crippen LogP contribution is -2.54. The van der Waals surface area contributed by atoms with Gasteiger partial charge in [-0.15, -0.1) is 0 Å². The van der Waals surface area contributed by atoms with E-state index in [-0.39, 0.29) is 0 Å². The van der Waals surface area contributed by atoms with Crippen LogP contribution in [0, 0.1) is 0 Å². The Balaban J connectivity index is 2.33. The lowest BCUT2D eigenvalue weighted by Gasteiger charge is -2.36. The molecule has 1 fully saturated rings. The quantitative estimate of drug-likeness (QED) is 0.679. The zero-order chi connectivity index (χ0) is 9.84. The summed E-state index contributed by atoms with van der Waals surface area (Å²) in [6.45, 7) is 9.11. The van der Waals surface area contributed by atoms with Gasteiger partial charge in [-0.25, -0.2) is 0 Å². The van der Waals surface area contributed by atoms with Crippen LogP contribution in [0.5, 0.6) is 0 Å². The van der Waals surface area contributed by atoms with E-state index < -0.39 is 0 Å². The monoisotopic (exact) mass is 185 g/mol. The second-order valence-corrected chi connectivity index (χ2v) is 4.37. The van der Waals surface area contributed by atoms with Crippen LogP contribution in [0.1, 0.15) is 13.8 Å². The molecule has 1 aliphatic rings. The Kier molecular flexibility index (Phi) is 4.16. The average molecular weight is 185 g/mol. The van der Waals surface area contributed by atoms with Gasteiger partial charge in [-0.2, -0.15) is 0 Å². The van der Waals surface area contributed by atoms with Gasteiger partial charge in [0.1, 0.15) is 0 Å². The second kappa shape index (κ2) is 4.94. The van der Waals surface area contributed by atoms with E-state index in [1.807, 2.05) is 0 Å². The molecule has 1 aliphatic heterocycles. The van der Waals surface area contributed by atoms with E-state index in [0.717, 1.165) is 13.1 Å². The molecule has 3 heteroatoms. The minimum atomic E-state index is 0.648. The molecule has 0 saturated carbocycles. The first-order chi connectivity index (χ1) is 6.11. The Labute approximate surface area is 82.1 Å². The number of nitrogens with zero attached hydrogens (tertiary/aromatic N) is 2. The van der Waals surface area contributed by atoms with Gasteiger partial charge in [-0.05, 0) is 27.9 Å². The van der Waals surface area contributed by atoms with E-state index in [9.17, 15) is 0 Å². The Bertz CT molecular complexity index is 147. The third-order valence-electron chi connectivity index (χ3n) is 3.02. The lowest BCUT2D eigenvalue weighted by atomic mass is 10.2. The maximum Gasteiger partial charge on any atom is 0.0345 e. The fraction of sp³-hybridized carbons (Fsp3) is 1.00. The van der Waals surface area contributed by atoms with Crippen LogP contribution in [-0.4, -0.2) is 62.2 Å². The van der Waals surface area contributed by atoms with E-state index in [4.69, 9.17) is 0 Å². The average Bonchev–Trinajstić information content (AvgIpc) is 2.08. The molecule has 1 unspecified atom stereocenters. The van der Waals surface area contributed by atoms with Gasteiger partial charge in [-0.3, -0.25) is 4.90 Å². The van der Waals surface area contributed by atoms with Gasteiger partial charge < -0.3 is 10.2 Å². The highest BCUT2D eigenvalue weighted by atomic mass is 15.2. The highest BCUT2D eigenvalue weighted by Gasteiger charge is 2.20. The van der Waals surface area contributed by atoms with Crippen molar-refractivity contribution in [3.05, 3.63) is 0 Å². The molecule has 0 spiro atoms.